The average Bonchev–Trinajstić information content (AvgIpc) is 2.44. The third kappa shape index (κ3) is 7.13. The monoisotopic (exact) mass is 322 g/mol. The highest BCUT2D eigenvalue weighted by molar-refractivity contribution is 5.83. The Hall–Kier alpha value is -2.11. The number of aryl methyl sites for hydroxylation is 2. The molecule has 0 aliphatic rings. The summed E-state index contributed by atoms with van der Waals surface area (Å²) in [7, 11) is 0. The Morgan fingerprint density at radius 3 is 2.57 bits per heavy atom. The molecule has 0 bridgehead atoms. The van der Waals surface area contributed by atoms with Crippen LogP contribution in [0.4, 0.5) is 0 Å². The normalized spacial score (nSPS) is 12.2. The molecule has 0 saturated heterocycles. The van der Waals surface area contributed by atoms with Crippen LogP contribution in [0.25, 0.3) is 0 Å². The summed E-state index contributed by atoms with van der Waals surface area (Å²) in [5, 5.41) is 11.6. The van der Waals surface area contributed by atoms with Gasteiger partial charge >= 0.3 is 5.97 Å². The molecule has 6 heteroatoms. The van der Waals surface area contributed by atoms with Crippen molar-refractivity contribution in [2.75, 3.05) is 0 Å². The van der Waals surface area contributed by atoms with Crippen molar-refractivity contribution in [1.29, 1.82) is 0 Å². The van der Waals surface area contributed by atoms with Crippen LogP contribution in [0.15, 0.2) is 23.1 Å². The summed E-state index contributed by atoms with van der Waals surface area (Å²) in [5.74, 6) is -1.06. The maximum absolute atomic E-state index is 11.8. The average molecular weight is 322 g/mol. The molecule has 2 N–H and O–H groups in total. The molecule has 1 amide bonds. The third-order valence-electron chi connectivity index (χ3n) is 3.54. The van der Waals surface area contributed by atoms with E-state index >= 15 is 0 Å². The van der Waals surface area contributed by atoms with Crippen LogP contribution in [0.3, 0.4) is 0 Å². The van der Waals surface area contributed by atoms with E-state index in [2.05, 4.69) is 5.32 Å². The number of carboxylic acid groups (broad SMARTS) is 1. The number of hydrogen-bond acceptors (Lipinski definition) is 3. The summed E-state index contributed by atoms with van der Waals surface area (Å²) in [4.78, 5) is 34.6. The molecule has 0 aliphatic heterocycles. The first-order chi connectivity index (χ1) is 10.8. The number of unbranched alkanes of at least 4 members (excludes halogenated alkanes) is 1. The van der Waals surface area contributed by atoms with Gasteiger partial charge in [-0.05, 0) is 43.7 Å². The van der Waals surface area contributed by atoms with Crippen molar-refractivity contribution >= 4 is 11.9 Å². The zero-order valence-corrected chi connectivity index (χ0v) is 14.0. The molecule has 1 atom stereocenters. The molecule has 0 aliphatic carbocycles. The second-order valence-electron chi connectivity index (χ2n) is 6.28. The summed E-state index contributed by atoms with van der Waals surface area (Å²) in [5.41, 5.74) is 0.882. The third-order valence-corrected chi connectivity index (χ3v) is 3.54. The Morgan fingerprint density at radius 1 is 1.30 bits per heavy atom. The van der Waals surface area contributed by atoms with Crippen molar-refractivity contribution < 1.29 is 14.7 Å². The van der Waals surface area contributed by atoms with Crippen LogP contribution in [-0.4, -0.2) is 27.6 Å². The number of carbonyl (C=O) groups excluding carboxylic acids is 1. The van der Waals surface area contributed by atoms with E-state index in [1.807, 2.05) is 26.8 Å². The van der Waals surface area contributed by atoms with Crippen LogP contribution in [-0.2, 0) is 16.1 Å². The number of carbonyl (C=O) groups is 2. The molecule has 6 nitrogen and oxygen atoms in total. The molecule has 1 heterocycles. The SMILES string of the molecule is Cc1ccn(CCCCC(=O)NC(CC(C)C)C(=O)O)c(=O)c1. The maximum Gasteiger partial charge on any atom is 0.326 e. The highest BCUT2D eigenvalue weighted by Crippen LogP contribution is 2.06. The fourth-order valence-corrected chi connectivity index (χ4v) is 2.32. The molecule has 128 valence electrons. The van der Waals surface area contributed by atoms with Gasteiger partial charge in [-0.3, -0.25) is 9.59 Å². The number of aliphatic carboxylic acids is 1. The Labute approximate surface area is 136 Å². The molecule has 23 heavy (non-hydrogen) atoms. The van der Waals surface area contributed by atoms with Gasteiger partial charge in [0.25, 0.3) is 5.56 Å². The number of aromatic nitrogens is 1. The number of amides is 1. The lowest BCUT2D eigenvalue weighted by Gasteiger charge is -2.16. The number of carboxylic acids is 1. The minimum absolute atomic E-state index is 0.0441. The second-order valence-corrected chi connectivity index (χ2v) is 6.28. The largest absolute Gasteiger partial charge is 0.480 e. The molecule has 1 unspecified atom stereocenters. The van der Waals surface area contributed by atoms with Crippen molar-refractivity contribution in [2.45, 2.75) is 59.0 Å². The molecule has 0 aromatic carbocycles. The standard InChI is InChI=1S/C17H26N2O4/c1-12(2)10-14(17(22)23)18-15(20)6-4-5-8-19-9-7-13(3)11-16(19)21/h7,9,11-12,14H,4-6,8,10H2,1-3H3,(H,18,20)(H,22,23). The Balaban J connectivity index is 2.35. The van der Waals surface area contributed by atoms with E-state index in [0.717, 1.165) is 5.56 Å². The first-order valence-corrected chi connectivity index (χ1v) is 7.99. The number of rotatable bonds is 9. The van der Waals surface area contributed by atoms with Gasteiger partial charge < -0.3 is 15.0 Å². The van der Waals surface area contributed by atoms with E-state index in [9.17, 15) is 14.4 Å². The van der Waals surface area contributed by atoms with Crippen molar-refractivity contribution in [3.8, 4) is 0 Å². The zero-order chi connectivity index (χ0) is 17.4. The van der Waals surface area contributed by atoms with Crippen molar-refractivity contribution in [3.63, 3.8) is 0 Å². The molecule has 0 saturated carbocycles. The van der Waals surface area contributed by atoms with Gasteiger partial charge in [-0.2, -0.15) is 0 Å². The first-order valence-electron chi connectivity index (χ1n) is 7.99. The topological polar surface area (TPSA) is 88.4 Å². The van der Waals surface area contributed by atoms with Crippen molar-refractivity contribution in [3.05, 3.63) is 34.2 Å². The Kier molecular flexibility index (Phi) is 7.51. The van der Waals surface area contributed by atoms with Crippen molar-refractivity contribution in [2.24, 2.45) is 5.92 Å². The highest BCUT2D eigenvalue weighted by atomic mass is 16.4. The van der Waals surface area contributed by atoms with E-state index in [0.29, 0.717) is 25.8 Å². The van der Waals surface area contributed by atoms with Crippen LogP contribution in [0.2, 0.25) is 0 Å². The van der Waals surface area contributed by atoms with Crippen LogP contribution in [0.5, 0.6) is 0 Å². The van der Waals surface area contributed by atoms with E-state index in [1.54, 1.807) is 16.8 Å². The van der Waals surface area contributed by atoms with E-state index in [-0.39, 0.29) is 23.8 Å². The van der Waals surface area contributed by atoms with E-state index < -0.39 is 12.0 Å². The van der Waals surface area contributed by atoms with E-state index in [1.165, 1.54) is 0 Å². The van der Waals surface area contributed by atoms with Gasteiger partial charge in [0.15, 0.2) is 0 Å². The number of hydrogen-bond donors (Lipinski definition) is 2. The number of pyridine rings is 1. The molecule has 1 aromatic rings. The Bertz CT molecular complexity index is 593. The lowest BCUT2D eigenvalue weighted by atomic mass is 10.0. The van der Waals surface area contributed by atoms with Gasteiger partial charge in [0, 0.05) is 25.2 Å². The van der Waals surface area contributed by atoms with Crippen LogP contribution in [0.1, 0.15) is 45.1 Å². The summed E-state index contributed by atoms with van der Waals surface area (Å²) in [6, 6.07) is 2.62. The number of nitrogens with zero attached hydrogens (tertiary/aromatic N) is 1. The number of nitrogens with one attached hydrogen (secondary N) is 1. The van der Waals surface area contributed by atoms with Crippen LogP contribution < -0.4 is 10.9 Å². The molecule has 1 aromatic heterocycles. The van der Waals surface area contributed by atoms with Gasteiger partial charge in [0.2, 0.25) is 5.91 Å². The zero-order valence-electron chi connectivity index (χ0n) is 14.0. The predicted molar refractivity (Wildman–Crippen MR) is 88.3 cm³/mol. The smallest absolute Gasteiger partial charge is 0.326 e. The lowest BCUT2D eigenvalue weighted by Crippen LogP contribution is -2.41. The van der Waals surface area contributed by atoms with Crippen LogP contribution >= 0.6 is 0 Å². The fraction of sp³-hybridized carbons (Fsp3) is 0.588. The first kappa shape index (κ1) is 18.9. The van der Waals surface area contributed by atoms with Gasteiger partial charge in [-0.15, -0.1) is 0 Å². The van der Waals surface area contributed by atoms with Gasteiger partial charge in [0.05, 0.1) is 0 Å². The summed E-state index contributed by atoms with van der Waals surface area (Å²) < 4.78 is 1.61. The minimum atomic E-state index is -1.00. The predicted octanol–water partition coefficient (Wildman–Crippen LogP) is 1.94. The summed E-state index contributed by atoms with van der Waals surface area (Å²) in [6.07, 6.45) is 3.74. The van der Waals surface area contributed by atoms with Gasteiger partial charge in [0.1, 0.15) is 6.04 Å². The second kappa shape index (κ2) is 9.12. The Morgan fingerprint density at radius 2 is 2.00 bits per heavy atom. The molecular weight excluding hydrogens is 296 g/mol. The van der Waals surface area contributed by atoms with E-state index in [4.69, 9.17) is 5.11 Å². The molecule has 0 radical (unpaired) electrons. The fourth-order valence-electron chi connectivity index (χ4n) is 2.32. The van der Waals surface area contributed by atoms with Crippen LogP contribution in [0, 0.1) is 12.8 Å². The lowest BCUT2D eigenvalue weighted by molar-refractivity contribution is -0.142. The molecule has 0 fully saturated rings. The molecule has 1 rings (SSSR count). The molecule has 0 spiro atoms. The summed E-state index contributed by atoms with van der Waals surface area (Å²) >= 11 is 0. The molecular formula is C17H26N2O4. The highest BCUT2D eigenvalue weighted by Gasteiger charge is 2.20. The summed E-state index contributed by atoms with van der Waals surface area (Å²) in [6.45, 7) is 6.26. The van der Waals surface area contributed by atoms with Gasteiger partial charge in [-0.25, -0.2) is 4.79 Å². The van der Waals surface area contributed by atoms with Gasteiger partial charge in [-0.1, -0.05) is 13.8 Å². The minimum Gasteiger partial charge on any atom is -0.480 e. The van der Waals surface area contributed by atoms with Crippen molar-refractivity contribution in [1.82, 2.24) is 9.88 Å². The maximum atomic E-state index is 11.8. The quantitative estimate of drug-likeness (QED) is 0.680.